The van der Waals surface area contributed by atoms with Gasteiger partial charge in [-0.2, -0.15) is 0 Å². The summed E-state index contributed by atoms with van der Waals surface area (Å²) in [6.07, 6.45) is 0.508. The van der Waals surface area contributed by atoms with Gasteiger partial charge in [0.15, 0.2) is 0 Å². The Morgan fingerprint density at radius 3 is 2.18 bits per heavy atom. The zero-order valence-electron chi connectivity index (χ0n) is 23.0. The smallest absolute Gasteiger partial charge is 0.264 e. The standard InChI is InChI=1S/C30H36ClN3O4S/c1-22-10-9-13-26(20-22)34(39(37,38)27-16-14-25(31)15-17-27)21-28(35)33(19-18-24-11-7-6-8-12-24)23(2)29(36)32-30(3,4)5/h6-17,20,23H,18-19,21H2,1-5H3,(H,32,36). The molecule has 0 aromatic heterocycles. The van der Waals surface area contributed by atoms with Crippen molar-refractivity contribution in [3.63, 3.8) is 0 Å². The highest BCUT2D eigenvalue weighted by Crippen LogP contribution is 2.26. The summed E-state index contributed by atoms with van der Waals surface area (Å²) in [5, 5.41) is 3.33. The third-order valence-electron chi connectivity index (χ3n) is 6.12. The van der Waals surface area contributed by atoms with E-state index >= 15 is 0 Å². The maximum Gasteiger partial charge on any atom is 0.264 e. The van der Waals surface area contributed by atoms with Crippen molar-refractivity contribution in [2.75, 3.05) is 17.4 Å². The second-order valence-corrected chi connectivity index (χ2v) is 12.8. The van der Waals surface area contributed by atoms with Gasteiger partial charge >= 0.3 is 0 Å². The Labute approximate surface area is 236 Å². The van der Waals surface area contributed by atoms with E-state index in [1.807, 2.05) is 64.1 Å². The minimum atomic E-state index is -4.13. The van der Waals surface area contributed by atoms with Crippen molar-refractivity contribution in [3.8, 4) is 0 Å². The zero-order chi connectivity index (χ0) is 28.8. The van der Waals surface area contributed by atoms with Crippen LogP contribution in [0.3, 0.4) is 0 Å². The monoisotopic (exact) mass is 569 g/mol. The normalized spacial score (nSPS) is 12.5. The number of sulfonamides is 1. The van der Waals surface area contributed by atoms with Crippen molar-refractivity contribution >= 4 is 39.1 Å². The lowest BCUT2D eigenvalue weighted by atomic mass is 10.1. The maximum atomic E-state index is 13.9. The first kappa shape index (κ1) is 30.2. The Kier molecular flexibility index (Phi) is 9.80. The van der Waals surface area contributed by atoms with E-state index in [4.69, 9.17) is 11.6 Å². The Morgan fingerprint density at radius 2 is 1.59 bits per heavy atom. The van der Waals surface area contributed by atoms with Crippen molar-refractivity contribution in [2.45, 2.75) is 57.5 Å². The van der Waals surface area contributed by atoms with Crippen LogP contribution in [0, 0.1) is 6.92 Å². The van der Waals surface area contributed by atoms with Crippen LogP contribution < -0.4 is 9.62 Å². The molecule has 0 bridgehead atoms. The molecule has 208 valence electrons. The van der Waals surface area contributed by atoms with E-state index in [2.05, 4.69) is 5.32 Å². The fourth-order valence-electron chi connectivity index (χ4n) is 4.09. The molecule has 0 saturated carbocycles. The number of nitrogens with zero attached hydrogens (tertiary/aromatic N) is 2. The Balaban J connectivity index is 1.99. The SMILES string of the molecule is Cc1cccc(N(CC(=O)N(CCc2ccccc2)C(C)C(=O)NC(C)(C)C)S(=O)(=O)c2ccc(Cl)cc2)c1. The highest BCUT2D eigenvalue weighted by Gasteiger charge is 2.33. The number of halogens is 1. The molecule has 0 radical (unpaired) electrons. The van der Waals surface area contributed by atoms with Crippen LogP contribution >= 0.6 is 11.6 Å². The number of carbonyl (C=O) groups is 2. The summed E-state index contributed by atoms with van der Waals surface area (Å²) < 4.78 is 28.7. The molecule has 1 unspecified atom stereocenters. The van der Waals surface area contributed by atoms with Gasteiger partial charge in [-0.15, -0.1) is 0 Å². The first-order valence-corrected chi connectivity index (χ1v) is 14.6. The van der Waals surface area contributed by atoms with Crippen molar-refractivity contribution in [1.82, 2.24) is 10.2 Å². The lowest BCUT2D eigenvalue weighted by molar-refractivity contribution is -0.139. The van der Waals surface area contributed by atoms with Gasteiger partial charge in [0.05, 0.1) is 10.6 Å². The minimum absolute atomic E-state index is 0.00978. The summed E-state index contributed by atoms with van der Waals surface area (Å²) in [5.74, 6) is -0.798. The van der Waals surface area contributed by atoms with Crippen LogP contribution in [0.4, 0.5) is 5.69 Å². The van der Waals surface area contributed by atoms with Crippen LogP contribution in [0.1, 0.15) is 38.8 Å². The molecule has 0 fully saturated rings. The van der Waals surface area contributed by atoms with E-state index < -0.39 is 34.1 Å². The molecule has 3 aromatic carbocycles. The number of carbonyl (C=O) groups excluding carboxylic acids is 2. The van der Waals surface area contributed by atoms with E-state index in [1.165, 1.54) is 29.2 Å². The van der Waals surface area contributed by atoms with Crippen molar-refractivity contribution in [3.05, 3.63) is 95.0 Å². The van der Waals surface area contributed by atoms with Crippen LogP contribution in [0.5, 0.6) is 0 Å². The maximum absolute atomic E-state index is 13.9. The quantitative estimate of drug-likeness (QED) is 0.363. The molecule has 2 amide bonds. The van der Waals surface area contributed by atoms with Crippen LogP contribution in [0.15, 0.2) is 83.8 Å². The van der Waals surface area contributed by atoms with Crippen molar-refractivity contribution < 1.29 is 18.0 Å². The number of rotatable bonds is 10. The lowest BCUT2D eigenvalue weighted by Crippen LogP contribution is -2.55. The van der Waals surface area contributed by atoms with Gasteiger partial charge in [0.2, 0.25) is 11.8 Å². The molecule has 0 spiro atoms. The summed E-state index contributed by atoms with van der Waals surface area (Å²) in [4.78, 5) is 28.5. The molecule has 0 aliphatic carbocycles. The van der Waals surface area contributed by atoms with Gasteiger partial charge in [0, 0.05) is 17.1 Å². The molecule has 1 N–H and O–H groups in total. The van der Waals surface area contributed by atoms with Crippen LogP contribution in [-0.2, 0) is 26.0 Å². The van der Waals surface area contributed by atoms with E-state index in [1.54, 1.807) is 25.1 Å². The molecule has 0 heterocycles. The molecule has 0 saturated heterocycles. The largest absolute Gasteiger partial charge is 0.350 e. The molecular formula is C30H36ClN3O4S. The summed E-state index contributed by atoms with van der Waals surface area (Å²) in [5.41, 5.74) is 1.71. The van der Waals surface area contributed by atoms with E-state index in [-0.39, 0.29) is 17.3 Å². The number of hydrogen-bond acceptors (Lipinski definition) is 4. The third-order valence-corrected chi connectivity index (χ3v) is 8.16. The van der Waals surface area contributed by atoms with Gasteiger partial charge in [-0.3, -0.25) is 13.9 Å². The molecular weight excluding hydrogens is 534 g/mol. The summed E-state index contributed by atoms with van der Waals surface area (Å²) >= 11 is 5.99. The van der Waals surface area contributed by atoms with Gasteiger partial charge in [-0.1, -0.05) is 54.1 Å². The number of benzene rings is 3. The highest BCUT2D eigenvalue weighted by molar-refractivity contribution is 7.92. The van der Waals surface area contributed by atoms with Crippen LogP contribution in [0.2, 0.25) is 5.02 Å². The second-order valence-electron chi connectivity index (χ2n) is 10.5. The number of hydrogen-bond donors (Lipinski definition) is 1. The van der Waals surface area contributed by atoms with Gasteiger partial charge < -0.3 is 10.2 Å². The first-order chi connectivity index (χ1) is 18.3. The Hall–Kier alpha value is -3.36. The second kappa shape index (κ2) is 12.7. The molecule has 0 aliphatic heterocycles. The number of aryl methyl sites for hydroxylation is 1. The van der Waals surface area contributed by atoms with Crippen LogP contribution in [-0.4, -0.2) is 49.8 Å². The average Bonchev–Trinajstić information content (AvgIpc) is 2.87. The first-order valence-electron chi connectivity index (χ1n) is 12.8. The van der Waals surface area contributed by atoms with E-state index in [9.17, 15) is 18.0 Å². The van der Waals surface area contributed by atoms with E-state index in [0.29, 0.717) is 17.1 Å². The fourth-order valence-corrected chi connectivity index (χ4v) is 5.62. The van der Waals surface area contributed by atoms with Gasteiger partial charge in [-0.25, -0.2) is 8.42 Å². The summed E-state index contributed by atoms with van der Waals surface area (Å²) in [7, 11) is -4.13. The van der Waals surface area contributed by atoms with Crippen LogP contribution in [0.25, 0.3) is 0 Å². The average molecular weight is 570 g/mol. The summed E-state index contributed by atoms with van der Waals surface area (Å²) in [6.45, 7) is 8.88. The topological polar surface area (TPSA) is 86.8 Å². The van der Waals surface area contributed by atoms with E-state index in [0.717, 1.165) is 15.4 Å². The zero-order valence-corrected chi connectivity index (χ0v) is 24.6. The molecule has 9 heteroatoms. The van der Waals surface area contributed by atoms with Crippen molar-refractivity contribution in [2.24, 2.45) is 0 Å². The molecule has 7 nitrogen and oxygen atoms in total. The molecule has 3 rings (SSSR count). The molecule has 0 aliphatic rings. The lowest BCUT2D eigenvalue weighted by Gasteiger charge is -2.33. The molecule has 1 atom stereocenters. The minimum Gasteiger partial charge on any atom is -0.350 e. The third kappa shape index (κ3) is 8.31. The predicted octanol–water partition coefficient (Wildman–Crippen LogP) is 5.22. The van der Waals surface area contributed by atoms with Gasteiger partial charge in [0.25, 0.3) is 10.0 Å². The van der Waals surface area contributed by atoms with Gasteiger partial charge in [-0.05, 0) is 88.6 Å². The van der Waals surface area contributed by atoms with Crippen molar-refractivity contribution in [1.29, 1.82) is 0 Å². The molecule has 3 aromatic rings. The van der Waals surface area contributed by atoms with Gasteiger partial charge in [0.1, 0.15) is 12.6 Å². The Bertz CT molecular complexity index is 1390. The predicted molar refractivity (Wildman–Crippen MR) is 156 cm³/mol. The highest BCUT2D eigenvalue weighted by atomic mass is 35.5. The fraction of sp³-hybridized carbons (Fsp3) is 0.333. The number of anilines is 1. The number of amides is 2. The summed E-state index contributed by atoms with van der Waals surface area (Å²) in [6, 6.07) is 21.6. The molecule has 39 heavy (non-hydrogen) atoms. The Morgan fingerprint density at radius 1 is 0.949 bits per heavy atom. The number of nitrogens with one attached hydrogen (secondary N) is 1.